The van der Waals surface area contributed by atoms with Crippen LogP contribution in [0.25, 0.3) is 0 Å². The molecule has 0 aromatic heterocycles. The van der Waals surface area contributed by atoms with E-state index in [0.717, 1.165) is 49.9 Å². The number of hydrogen-bond donors (Lipinski definition) is 2. The molecule has 1 aromatic rings. The van der Waals surface area contributed by atoms with Crippen molar-refractivity contribution >= 4 is 12.4 Å². The zero-order valence-electron chi connectivity index (χ0n) is 20.1. The molecule has 6 nitrogen and oxygen atoms in total. The van der Waals surface area contributed by atoms with Crippen LogP contribution in [0.5, 0.6) is 0 Å². The number of carboxylic acid groups (broad SMARTS) is 1. The number of carbonyl (C=O) groups is 2. The van der Waals surface area contributed by atoms with Crippen LogP contribution in [0.1, 0.15) is 57.6 Å². The van der Waals surface area contributed by atoms with Crippen molar-refractivity contribution in [2.24, 2.45) is 11.8 Å². The maximum Gasteiger partial charge on any atom is 0.416 e. The molecule has 1 amide bonds. The summed E-state index contributed by atoms with van der Waals surface area (Å²) >= 11 is 0. The number of fused-ring (bicyclic) bond motifs is 1. The number of nitrogens with zero attached hydrogens (tertiary/aromatic N) is 2. The Labute approximate surface area is 199 Å². The highest BCUT2D eigenvalue weighted by Gasteiger charge is 2.42. The lowest BCUT2D eigenvalue weighted by molar-refractivity contribution is -0.137. The quantitative estimate of drug-likeness (QED) is 0.396. The zero-order chi connectivity index (χ0) is 25.1. The van der Waals surface area contributed by atoms with Gasteiger partial charge in [0.25, 0.3) is 0 Å². The Morgan fingerprint density at radius 1 is 1.21 bits per heavy atom. The lowest BCUT2D eigenvalue weighted by Gasteiger charge is -2.37. The van der Waals surface area contributed by atoms with Crippen LogP contribution in [0, 0.1) is 11.8 Å². The number of hydrogen-bond acceptors (Lipinski definition) is 4. The monoisotopic (exact) mass is 483 g/mol. The molecule has 2 N–H and O–H groups in total. The van der Waals surface area contributed by atoms with E-state index in [1.807, 2.05) is 0 Å². The summed E-state index contributed by atoms with van der Waals surface area (Å²) in [6.07, 6.45) is -1.29. The topological polar surface area (TPSA) is 72.9 Å². The molecule has 0 radical (unpaired) electrons. The van der Waals surface area contributed by atoms with Gasteiger partial charge in [0, 0.05) is 31.2 Å². The Bertz CT molecular complexity index is 839. The van der Waals surface area contributed by atoms with Crippen LogP contribution in [0.3, 0.4) is 0 Å². The van der Waals surface area contributed by atoms with Crippen molar-refractivity contribution in [3.05, 3.63) is 35.4 Å². The highest BCUT2D eigenvalue weighted by molar-refractivity contribution is 5.72. The van der Waals surface area contributed by atoms with Gasteiger partial charge in [-0.3, -0.25) is 9.80 Å². The number of likely N-dealkylation sites (tertiary alicyclic amines) is 1. The average molecular weight is 484 g/mol. The summed E-state index contributed by atoms with van der Waals surface area (Å²) in [6, 6.07) is 5.13. The standard InChI is InChI=1S/C25H36F3N3O3/c1-24(2,3)31(23(33)34)20(16-32)5-4-12-29-22-11-8-18-14-30(15-21(18)22)13-17-6-9-19(10-7-17)25(26,27)28/h6-7,9-10,16,18,20-22,29H,4-5,8,11-15H2,1-3H3,(H,33,34)/t18-,20+,21+,22+/m1/s1. The Morgan fingerprint density at radius 3 is 2.44 bits per heavy atom. The molecule has 4 atom stereocenters. The molecule has 2 aliphatic rings. The molecule has 190 valence electrons. The predicted octanol–water partition coefficient (Wildman–Crippen LogP) is 4.63. The van der Waals surface area contributed by atoms with E-state index in [9.17, 15) is 27.9 Å². The molecule has 1 saturated heterocycles. The first kappa shape index (κ1) is 26.5. The molecular formula is C25H36F3N3O3. The maximum atomic E-state index is 12.8. The summed E-state index contributed by atoms with van der Waals surface area (Å²) < 4.78 is 38.3. The molecule has 1 aliphatic heterocycles. The minimum atomic E-state index is -4.31. The van der Waals surface area contributed by atoms with Gasteiger partial charge in [0.2, 0.25) is 0 Å². The Morgan fingerprint density at radius 2 is 1.88 bits per heavy atom. The third-order valence-electron chi connectivity index (χ3n) is 7.12. The van der Waals surface area contributed by atoms with Crippen molar-refractivity contribution in [3.8, 4) is 0 Å². The molecule has 0 bridgehead atoms. The summed E-state index contributed by atoms with van der Waals surface area (Å²) in [5.41, 5.74) is -0.381. The summed E-state index contributed by atoms with van der Waals surface area (Å²) in [4.78, 5) is 26.7. The second-order valence-corrected chi connectivity index (χ2v) is 10.6. The number of aldehydes is 1. The first-order chi connectivity index (χ1) is 15.9. The number of carbonyl (C=O) groups excluding carboxylic acids is 1. The highest BCUT2D eigenvalue weighted by Crippen LogP contribution is 2.39. The molecule has 3 rings (SSSR count). The van der Waals surface area contributed by atoms with Gasteiger partial charge in [0.15, 0.2) is 0 Å². The summed E-state index contributed by atoms with van der Waals surface area (Å²) in [5, 5.41) is 13.1. The van der Waals surface area contributed by atoms with E-state index in [1.54, 1.807) is 32.9 Å². The minimum absolute atomic E-state index is 0.371. The van der Waals surface area contributed by atoms with Crippen LogP contribution in [-0.2, 0) is 17.5 Å². The predicted molar refractivity (Wildman–Crippen MR) is 123 cm³/mol. The van der Waals surface area contributed by atoms with Gasteiger partial charge in [-0.05, 0) is 82.5 Å². The third-order valence-corrected chi connectivity index (χ3v) is 7.12. The molecule has 2 fully saturated rings. The van der Waals surface area contributed by atoms with Gasteiger partial charge in [-0.1, -0.05) is 12.1 Å². The van der Waals surface area contributed by atoms with E-state index in [0.29, 0.717) is 43.8 Å². The molecule has 34 heavy (non-hydrogen) atoms. The maximum absolute atomic E-state index is 12.8. The fourth-order valence-corrected chi connectivity index (χ4v) is 5.58. The van der Waals surface area contributed by atoms with Crippen molar-refractivity contribution in [2.45, 2.75) is 76.8 Å². The van der Waals surface area contributed by atoms with Gasteiger partial charge in [0.1, 0.15) is 6.29 Å². The highest BCUT2D eigenvalue weighted by atomic mass is 19.4. The number of amides is 1. The molecule has 0 spiro atoms. The van der Waals surface area contributed by atoms with E-state index in [-0.39, 0.29) is 0 Å². The van der Waals surface area contributed by atoms with Crippen molar-refractivity contribution in [3.63, 3.8) is 0 Å². The number of benzene rings is 1. The van der Waals surface area contributed by atoms with Crippen molar-refractivity contribution in [2.75, 3.05) is 19.6 Å². The van der Waals surface area contributed by atoms with E-state index >= 15 is 0 Å². The number of alkyl halides is 3. The fourth-order valence-electron chi connectivity index (χ4n) is 5.58. The first-order valence-electron chi connectivity index (χ1n) is 12.0. The number of rotatable bonds is 9. The van der Waals surface area contributed by atoms with Crippen LogP contribution in [-0.4, -0.2) is 64.5 Å². The zero-order valence-corrected chi connectivity index (χ0v) is 20.1. The van der Waals surface area contributed by atoms with Crippen molar-refractivity contribution in [1.82, 2.24) is 15.1 Å². The fraction of sp³-hybridized carbons (Fsp3) is 0.680. The van der Waals surface area contributed by atoms with Gasteiger partial charge in [-0.15, -0.1) is 0 Å². The van der Waals surface area contributed by atoms with Gasteiger partial charge in [-0.2, -0.15) is 13.2 Å². The van der Waals surface area contributed by atoms with E-state index in [2.05, 4.69) is 10.2 Å². The molecule has 9 heteroatoms. The van der Waals surface area contributed by atoms with Crippen LogP contribution < -0.4 is 5.32 Å². The lowest BCUT2D eigenvalue weighted by atomic mass is 9.97. The first-order valence-corrected chi connectivity index (χ1v) is 12.0. The Hall–Kier alpha value is -2.13. The molecule has 1 heterocycles. The molecule has 1 saturated carbocycles. The largest absolute Gasteiger partial charge is 0.465 e. The molecule has 1 aromatic carbocycles. The van der Waals surface area contributed by atoms with E-state index in [1.165, 1.54) is 4.90 Å². The second kappa shape index (κ2) is 10.6. The van der Waals surface area contributed by atoms with Gasteiger partial charge >= 0.3 is 12.3 Å². The smallest absolute Gasteiger partial charge is 0.416 e. The second-order valence-electron chi connectivity index (χ2n) is 10.6. The van der Waals surface area contributed by atoms with E-state index in [4.69, 9.17) is 0 Å². The third kappa shape index (κ3) is 6.50. The molecule has 1 aliphatic carbocycles. The Balaban J connectivity index is 1.46. The van der Waals surface area contributed by atoms with Crippen LogP contribution in [0.4, 0.5) is 18.0 Å². The van der Waals surface area contributed by atoms with Crippen molar-refractivity contribution < 1.29 is 27.9 Å². The number of halogens is 3. The number of nitrogens with one attached hydrogen (secondary N) is 1. The van der Waals surface area contributed by atoms with Crippen LogP contribution in [0.15, 0.2) is 24.3 Å². The van der Waals surface area contributed by atoms with Crippen molar-refractivity contribution in [1.29, 1.82) is 0 Å². The Kier molecular flexibility index (Phi) is 8.29. The van der Waals surface area contributed by atoms with Gasteiger partial charge in [0.05, 0.1) is 11.6 Å². The summed E-state index contributed by atoms with van der Waals surface area (Å²) in [5.74, 6) is 1.08. The van der Waals surface area contributed by atoms with Gasteiger partial charge < -0.3 is 15.2 Å². The summed E-state index contributed by atoms with van der Waals surface area (Å²) in [6.45, 7) is 8.58. The van der Waals surface area contributed by atoms with Crippen LogP contribution >= 0.6 is 0 Å². The average Bonchev–Trinajstić information content (AvgIpc) is 3.29. The molecule has 0 unspecified atom stereocenters. The minimum Gasteiger partial charge on any atom is -0.465 e. The van der Waals surface area contributed by atoms with Gasteiger partial charge in [-0.25, -0.2) is 4.79 Å². The molecular weight excluding hydrogens is 447 g/mol. The van der Waals surface area contributed by atoms with Crippen LogP contribution in [0.2, 0.25) is 0 Å². The summed E-state index contributed by atoms with van der Waals surface area (Å²) in [7, 11) is 0. The normalized spacial score (nSPS) is 24.1. The van der Waals surface area contributed by atoms with E-state index < -0.39 is 29.4 Å². The SMILES string of the molecule is CC(C)(C)N(C(=O)O)[C@H](C=O)CCCN[C@H]1CC[C@@H]2CN(Cc3ccc(C(F)(F)F)cc3)C[C@@H]21. The lowest BCUT2D eigenvalue weighted by Crippen LogP contribution is -2.52.